The number of carbonyl (C=O) groups excluding carboxylic acids is 1. The van der Waals surface area contributed by atoms with Crippen LogP contribution in [0.15, 0.2) is 71.6 Å². The summed E-state index contributed by atoms with van der Waals surface area (Å²) in [5.74, 6) is -1.57. The number of halogens is 2. The number of likely N-dealkylation sites (tertiary alicyclic amines) is 1. The first-order chi connectivity index (χ1) is 19.2. The summed E-state index contributed by atoms with van der Waals surface area (Å²) in [5, 5.41) is 0. The van der Waals surface area contributed by atoms with Gasteiger partial charge in [0.2, 0.25) is 5.91 Å². The summed E-state index contributed by atoms with van der Waals surface area (Å²) >= 11 is 0. The Morgan fingerprint density at radius 2 is 1.62 bits per heavy atom. The maximum atomic E-state index is 13.6. The molecule has 1 unspecified atom stereocenters. The van der Waals surface area contributed by atoms with Crippen LogP contribution in [0.1, 0.15) is 31.7 Å². The average Bonchev–Trinajstić information content (AvgIpc) is 2.97. The van der Waals surface area contributed by atoms with Gasteiger partial charge in [-0.15, -0.1) is 0 Å². The molecule has 0 saturated carbocycles. The Kier molecular flexibility index (Phi) is 11.8. The van der Waals surface area contributed by atoms with Crippen molar-refractivity contribution in [3.05, 3.63) is 83.9 Å². The zero-order chi connectivity index (χ0) is 29.1. The van der Waals surface area contributed by atoms with Crippen molar-refractivity contribution in [3.8, 4) is 16.9 Å². The largest absolute Gasteiger partial charge is 0.494 e. The fourth-order valence-corrected chi connectivity index (χ4v) is 6.26. The minimum absolute atomic E-state index is 0.482. The SMILES string of the molecule is CCN1CCC(C(N)=O)(S(=O)c2ccc(OCCCc3cccc(-c4ccc(F)c(F)c4)c3)cc2)CC1.COC. The molecule has 0 aromatic heterocycles. The molecule has 1 fully saturated rings. The summed E-state index contributed by atoms with van der Waals surface area (Å²) in [4.78, 5) is 15.1. The Morgan fingerprint density at radius 1 is 0.975 bits per heavy atom. The molecule has 2 N–H and O–H groups in total. The zero-order valence-electron chi connectivity index (χ0n) is 23.3. The Bertz CT molecular complexity index is 1280. The number of ether oxygens (including phenoxy) is 2. The zero-order valence-corrected chi connectivity index (χ0v) is 24.1. The molecule has 6 nitrogen and oxygen atoms in total. The maximum Gasteiger partial charge on any atom is 0.236 e. The number of primary amides is 1. The predicted octanol–water partition coefficient (Wildman–Crippen LogP) is 5.35. The van der Waals surface area contributed by atoms with E-state index in [1.807, 2.05) is 24.3 Å². The lowest BCUT2D eigenvalue weighted by atomic mass is 9.95. The van der Waals surface area contributed by atoms with Gasteiger partial charge in [-0.05, 0) is 85.3 Å². The fraction of sp³-hybridized carbons (Fsp3) is 0.387. The van der Waals surface area contributed by atoms with Gasteiger partial charge in [0, 0.05) is 32.2 Å². The van der Waals surface area contributed by atoms with Gasteiger partial charge in [-0.3, -0.25) is 9.00 Å². The normalized spacial score (nSPS) is 15.5. The van der Waals surface area contributed by atoms with Gasteiger partial charge in [-0.2, -0.15) is 0 Å². The molecule has 9 heteroatoms. The number of hydrogen-bond donors (Lipinski definition) is 1. The lowest BCUT2D eigenvalue weighted by Crippen LogP contribution is -2.54. The van der Waals surface area contributed by atoms with E-state index in [1.54, 1.807) is 44.6 Å². The van der Waals surface area contributed by atoms with E-state index >= 15 is 0 Å². The van der Waals surface area contributed by atoms with Gasteiger partial charge in [0.1, 0.15) is 10.5 Å². The number of benzene rings is 3. The van der Waals surface area contributed by atoms with E-state index in [4.69, 9.17) is 10.5 Å². The van der Waals surface area contributed by atoms with Gasteiger partial charge in [0.25, 0.3) is 0 Å². The fourth-order valence-electron chi connectivity index (χ4n) is 4.69. The summed E-state index contributed by atoms with van der Waals surface area (Å²) in [7, 11) is 1.71. The van der Waals surface area contributed by atoms with E-state index < -0.39 is 33.1 Å². The molecule has 3 aromatic rings. The topological polar surface area (TPSA) is 81.9 Å². The number of aryl methyl sites for hydroxylation is 1. The molecule has 216 valence electrons. The van der Waals surface area contributed by atoms with Crippen LogP contribution < -0.4 is 10.5 Å². The minimum atomic E-state index is -1.54. The van der Waals surface area contributed by atoms with Crippen molar-refractivity contribution in [1.82, 2.24) is 4.90 Å². The Morgan fingerprint density at radius 3 is 2.23 bits per heavy atom. The molecule has 4 rings (SSSR count). The summed E-state index contributed by atoms with van der Waals surface area (Å²) < 4.78 is 49.3. The first-order valence-electron chi connectivity index (χ1n) is 13.4. The highest BCUT2D eigenvalue weighted by molar-refractivity contribution is 7.87. The van der Waals surface area contributed by atoms with Crippen molar-refractivity contribution in [3.63, 3.8) is 0 Å². The standard InChI is InChI=1S/C29H32F2N2O3S.C2H6O/c1-2-33-16-14-29(15-17-33,28(32)34)37(35)25-11-9-24(10-12-25)36-18-4-6-21-5-3-7-22(19-21)23-8-13-26(30)27(31)20-23;1-3-2/h3,5,7-13,19-20H,2,4,6,14-18H2,1H3,(H2,32,34);1-2H3. The van der Waals surface area contributed by atoms with Crippen LogP contribution >= 0.6 is 0 Å². The van der Waals surface area contributed by atoms with E-state index in [-0.39, 0.29) is 0 Å². The summed E-state index contributed by atoms with van der Waals surface area (Å²) in [5.41, 5.74) is 8.26. The lowest BCUT2D eigenvalue weighted by Gasteiger charge is -2.38. The van der Waals surface area contributed by atoms with Crippen LogP contribution in [-0.2, 0) is 26.8 Å². The Balaban J connectivity index is 0.00000141. The number of rotatable bonds is 10. The Hall–Kier alpha value is -3.14. The average molecular weight is 573 g/mol. The molecule has 1 atom stereocenters. The molecule has 1 heterocycles. The van der Waals surface area contributed by atoms with Crippen molar-refractivity contribution in [2.75, 3.05) is 40.5 Å². The van der Waals surface area contributed by atoms with Gasteiger partial charge in [-0.25, -0.2) is 8.78 Å². The number of hydrogen-bond acceptors (Lipinski definition) is 5. The molecule has 1 aliphatic heterocycles. The third-order valence-electron chi connectivity index (χ3n) is 7.01. The second-order valence-electron chi connectivity index (χ2n) is 9.72. The Labute approximate surface area is 237 Å². The molecular formula is C31H38F2N2O4S. The second kappa shape index (κ2) is 15.0. The van der Waals surface area contributed by atoms with Gasteiger partial charge >= 0.3 is 0 Å². The highest BCUT2D eigenvalue weighted by atomic mass is 32.2. The van der Waals surface area contributed by atoms with Crippen LogP contribution in [0.3, 0.4) is 0 Å². The molecule has 1 amide bonds. The minimum Gasteiger partial charge on any atom is -0.494 e. The van der Waals surface area contributed by atoms with Crippen molar-refractivity contribution in [2.24, 2.45) is 5.73 Å². The first-order valence-corrected chi connectivity index (χ1v) is 14.5. The lowest BCUT2D eigenvalue weighted by molar-refractivity contribution is -0.121. The number of amides is 1. The van der Waals surface area contributed by atoms with Crippen molar-refractivity contribution >= 4 is 16.7 Å². The molecule has 0 spiro atoms. The third-order valence-corrected chi connectivity index (χ3v) is 9.03. The van der Waals surface area contributed by atoms with E-state index in [2.05, 4.69) is 16.6 Å². The van der Waals surface area contributed by atoms with Crippen molar-refractivity contribution in [2.45, 2.75) is 42.2 Å². The van der Waals surface area contributed by atoms with Crippen molar-refractivity contribution in [1.29, 1.82) is 0 Å². The maximum absolute atomic E-state index is 13.6. The van der Waals surface area contributed by atoms with E-state index in [0.29, 0.717) is 48.7 Å². The number of piperidine rings is 1. The van der Waals surface area contributed by atoms with Crippen LogP contribution in [0.25, 0.3) is 11.1 Å². The van der Waals surface area contributed by atoms with Crippen LogP contribution in [0.2, 0.25) is 0 Å². The smallest absolute Gasteiger partial charge is 0.236 e. The quantitative estimate of drug-likeness (QED) is 0.331. The number of methoxy groups -OCH3 is 1. The number of carbonyl (C=O) groups is 1. The summed E-state index contributed by atoms with van der Waals surface area (Å²) in [6, 6.07) is 18.7. The first kappa shape index (κ1) is 31.4. The van der Waals surface area contributed by atoms with Crippen LogP contribution in [0.4, 0.5) is 8.78 Å². The molecule has 0 radical (unpaired) electrons. The molecular weight excluding hydrogens is 534 g/mol. The second-order valence-corrected chi connectivity index (χ2v) is 11.5. The monoisotopic (exact) mass is 572 g/mol. The highest BCUT2D eigenvalue weighted by Gasteiger charge is 2.45. The van der Waals surface area contributed by atoms with Crippen LogP contribution in [-0.4, -0.2) is 60.2 Å². The van der Waals surface area contributed by atoms with Crippen LogP contribution in [0.5, 0.6) is 5.75 Å². The number of nitrogens with zero attached hydrogens (tertiary/aromatic N) is 1. The van der Waals surface area contributed by atoms with E-state index in [1.165, 1.54) is 6.07 Å². The number of nitrogens with two attached hydrogens (primary N) is 1. The van der Waals surface area contributed by atoms with Gasteiger partial charge < -0.3 is 20.1 Å². The van der Waals surface area contributed by atoms with Gasteiger partial charge in [0.05, 0.1) is 17.4 Å². The molecule has 0 bridgehead atoms. The summed E-state index contributed by atoms with van der Waals surface area (Å²) in [6.07, 6.45) is 2.49. The van der Waals surface area contributed by atoms with Crippen molar-refractivity contribution < 1.29 is 27.3 Å². The third kappa shape index (κ3) is 7.96. The highest BCUT2D eigenvalue weighted by Crippen LogP contribution is 2.33. The molecule has 40 heavy (non-hydrogen) atoms. The molecule has 1 aliphatic rings. The molecule has 0 aliphatic carbocycles. The van der Waals surface area contributed by atoms with E-state index in [9.17, 15) is 17.8 Å². The van der Waals surface area contributed by atoms with Gasteiger partial charge in [-0.1, -0.05) is 37.3 Å². The van der Waals surface area contributed by atoms with Gasteiger partial charge in [0.15, 0.2) is 11.6 Å². The molecule has 3 aromatic carbocycles. The van der Waals surface area contributed by atoms with E-state index in [0.717, 1.165) is 36.6 Å². The van der Waals surface area contributed by atoms with Crippen LogP contribution in [0, 0.1) is 11.6 Å². The summed E-state index contributed by atoms with van der Waals surface area (Å²) in [6.45, 7) is 4.86. The molecule has 1 saturated heterocycles. The predicted molar refractivity (Wildman–Crippen MR) is 155 cm³/mol.